The summed E-state index contributed by atoms with van der Waals surface area (Å²) in [7, 11) is 0. The lowest BCUT2D eigenvalue weighted by Gasteiger charge is -2.44. The van der Waals surface area contributed by atoms with Crippen LogP contribution in [0.5, 0.6) is 0 Å². The van der Waals surface area contributed by atoms with Gasteiger partial charge in [0.15, 0.2) is 11.6 Å². The SMILES string of the molecule is CC1C=Cc2c(c3c4c5ccccc5n(-c5ccccc5)c4ccc3n2-c2nc(-c3ccccc3)nc(-c3cc4c(cc3-c3ccccc3)C(C)(C)C(C)(C)C4(C)C)n2)C1. The van der Waals surface area contributed by atoms with Crippen molar-refractivity contribution in [1.82, 2.24) is 24.1 Å². The first-order chi connectivity index (χ1) is 29.0. The fourth-order valence-electron chi connectivity index (χ4n) is 10.5. The van der Waals surface area contributed by atoms with Crippen molar-refractivity contribution < 1.29 is 0 Å². The summed E-state index contributed by atoms with van der Waals surface area (Å²) in [5.41, 5.74) is 13.9. The Morgan fingerprint density at radius 1 is 0.533 bits per heavy atom. The maximum absolute atomic E-state index is 5.58. The van der Waals surface area contributed by atoms with Crippen LogP contribution >= 0.6 is 0 Å². The molecule has 60 heavy (non-hydrogen) atoms. The van der Waals surface area contributed by atoms with Gasteiger partial charge in [0.05, 0.1) is 22.2 Å². The van der Waals surface area contributed by atoms with E-state index in [0.717, 1.165) is 45.6 Å². The van der Waals surface area contributed by atoms with Gasteiger partial charge in [-0.2, -0.15) is 9.97 Å². The van der Waals surface area contributed by atoms with Crippen LogP contribution < -0.4 is 0 Å². The first-order valence-electron chi connectivity index (χ1n) is 21.4. The van der Waals surface area contributed by atoms with E-state index in [9.17, 15) is 0 Å². The molecule has 0 fully saturated rings. The van der Waals surface area contributed by atoms with Crippen molar-refractivity contribution in [2.75, 3.05) is 0 Å². The van der Waals surface area contributed by atoms with Crippen LogP contribution in [0.4, 0.5) is 0 Å². The van der Waals surface area contributed by atoms with Gasteiger partial charge in [-0.05, 0) is 105 Å². The summed E-state index contributed by atoms with van der Waals surface area (Å²) < 4.78 is 4.72. The summed E-state index contributed by atoms with van der Waals surface area (Å²) in [5.74, 6) is 2.33. The van der Waals surface area contributed by atoms with Crippen LogP contribution in [0.3, 0.4) is 0 Å². The molecule has 0 bridgehead atoms. The molecule has 0 amide bonds. The van der Waals surface area contributed by atoms with Crippen LogP contribution in [0.1, 0.15) is 70.9 Å². The van der Waals surface area contributed by atoms with Crippen LogP contribution in [0.25, 0.3) is 84.3 Å². The van der Waals surface area contributed by atoms with Crippen molar-refractivity contribution in [2.45, 2.75) is 65.7 Å². The second kappa shape index (κ2) is 13.0. The van der Waals surface area contributed by atoms with E-state index in [1.165, 1.54) is 43.9 Å². The Kier molecular flexibility index (Phi) is 7.88. The zero-order chi connectivity index (χ0) is 41.1. The molecule has 1 atom stereocenters. The van der Waals surface area contributed by atoms with E-state index in [1.54, 1.807) is 0 Å². The Labute approximate surface area is 352 Å². The number of benzene rings is 6. The molecule has 9 aromatic rings. The van der Waals surface area contributed by atoms with Gasteiger partial charge in [0, 0.05) is 33.0 Å². The topological polar surface area (TPSA) is 48.5 Å². The number of hydrogen-bond acceptors (Lipinski definition) is 3. The number of para-hydroxylation sites is 2. The lowest BCUT2D eigenvalue weighted by molar-refractivity contribution is 0.125. The van der Waals surface area contributed by atoms with E-state index < -0.39 is 0 Å². The maximum Gasteiger partial charge on any atom is 0.238 e. The predicted octanol–water partition coefficient (Wildman–Crippen LogP) is 13.7. The summed E-state index contributed by atoms with van der Waals surface area (Å²) in [5, 5.41) is 3.77. The van der Waals surface area contributed by atoms with Gasteiger partial charge in [-0.25, -0.2) is 4.98 Å². The number of nitrogens with zero attached hydrogens (tertiary/aromatic N) is 5. The predicted molar refractivity (Wildman–Crippen MR) is 249 cm³/mol. The van der Waals surface area contributed by atoms with Gasteiger partial charge in [-0.3, -0.25) is 4.57 Å². The fraction of sp³-hybridized carbons (Fsp3) is 0.218. The Bertz CT molecular complexity index is 3200. The van der Waals surface area contributed by atoms with Crippen molar-refractivity contribution in [3.63, 3.8) is 0 Å². The van der Waals surface area contributed by atoms with Gasteiger partial charge >= 0.3 is 0 Å². The van der Waals surface area contributed by atoms with Gasteiger partial charge in [0.25, 0.3) is 0 Å². The number of aromatic nitrogens is 5. The second-order valence-electron chi connectivity index (χ2n) is 18.6. The minimum absolute atomic E-state index is 0.00403. The first kappa shape index (κ1) is 36.5. The molecule has 0 aliphatic heterocycles. The first-order valence-corrected chi connectivity index (χ1v) is 21.4. The Morgan fingerprint density at radius 3 is 1.78 bits per heavy atom. The molecular formula is C55H49N5. The summed E-state index contributed by atoms with van der Waals surface area (Å²) in [6.07, 6.45) is 5.56. The molecule has 0 N–H and O–H groups in total. The lowest BCUT2D eigenvalue weighted by atomic mass is 9.59. The highest BCUT2D eigenvalue weighted by molar-refractivity contribution is 6.22. The Morgan fingerprint density at radius 2 is 1.10 bits per heavy atom. The summed E-state index contributed by atoms with van der Waals surface area (Å²) in [4.78, 5) is 16.4. The highest BCUT2D eigenvalue weighted by atomic mass is 15.2. The monoisotopic (exact) mass is 779 g/mol. The normalized spacial score (nSPS) is 17.4. The maximum atomic E-state index is 5.58. The molecular weight excluding hydrogens is 731 g/mol. The summed E-state index contributed by atoms with van der Waals surface area (Å²) in [6.45, 7) is 16.8. The average Bonchev–Trinajstić information content (AvgIpc) is 3.81. The third-order valence-corrected chi connectivity index (χ3v) is 14.8. The highest BCUT2D eigenvalue weighted by Gasteiger charge is 2.57. The lowest BCUT2D eigenvalue weighted by Crippen LogP contribution is -2.42. The molecule has 1 unspecified atom stereocenters. The van der Waals surface area contributed by atoms with Gasteiger partial charge in [0.1, 0.15) is 0 Å². The van der Waals surface area contributed by atoms with E-state index in [2.05, 4.69) is 203 Å². The van der Waals surface area contributed by atoms with Gasteiger partial charge < -0.3 is 4.57 Å². The van der Waals surface area contributed by atoms with Crippen molar-refractivity contribution in [3.05, 3.63) is 168 Å². The summed E-state index contributed by atoms with van der Waals surface area (Å²) in [6, 6.07) is 50.1. The molecule has 5 nitrogen and oxygen atoms in total. The highest BCUT2D eigenvalue weighted by Crippen LogP contribution is 2.62. The van der Waals surface area contributed by atoms with Crippen molar-refractivity contribution in [3.8, 4) is 45.5 Å². The number of fused-ring (bicyclic) bond motifs is 8. The molecule has 6 aromatic carbocycles. The third kappa shape index (κ3) is 5.08. The smallest absolute Gasteiger partial charge is 0.238 e. The van der Waals surface area contributed by atoms with Gasteiger partial charge in [0.2, 0.25) is 5.95 Å². The molecule has 0 saturated heterocycles. The molecule has 0 radical (unpaired) electrons. The summed E-state index contributed by atoms with van der Waals surface area (Å²) >= 11 is 0. The minimum Gasteiger partial charge on any atom is -0.309 e. The molecule has 2 aliphatic carbocycles. The largest absolute Gasteiger partial charge is 0.309 e. The Hall–Kier alpha value is -6.59. The third-order valence-electron chi connectivity index (χ3n) is 14.8. The van der Waals surface area contributed by atoms with Crippen LogP contribution in [0.15, 0.2) is 146 Å². The van der Waals surface area contributed by atoms with E-state index in [-0.39, 0.29) is 16.2 Å². The fourth-order valence-corrected chi connectivity index (χ4v) is 10.5. The molecule has 5 heteroatoms. The molecule has 11 rings (SSSR count). The molecule has 294 valence electrons. The number of allylic oxidation sites excluding steroid dienone is 1. The van der Waals surface area contributed by atoms with E-state index in [4.69, 9.17) is 15.0 Å². The quantitative estimate of drug-likeness (QED) is 0.175. The van der Waals surface area contributed by atoms with E-state index >= 15 is 0 Å². The zero-order valence-corrected chi connectivity index (χ0v) is 35.5. The molecule has 3 aromatic heterocycles. The van der Waals surface area contributed by atoms with E-state index in [1.807, 2.05) is 6.07 Å². The number of rotatable bonds is 5. The molecule has 0 spiro atoms. The zero-order valence-electron chi connectivity index (χ0n) is 35.5. The molecule has 3 heterocycles. The van der Waals surface area contributed by atoms with Crippen molar-refractivity contribution in [2.24, 2.45) is 11.3 Å². The van der Waals surface area contributed by atoms with Gasteiger partial charge in [-0.1, -0.05) is 152 Å². The van der Waals surface area contributed by atoms with Crippen LogP contribution in [0, 0.1) is 11.3 Å². The molecule has 0 saturated carbocycles. The second-order valence-corrected chi connectivity index (χ2v) is 18.6. The van der Waals surface area contributed by atoms with E-state index in [0.29, 0.717) is 23.5 Å². The van der Waals surface area contributed by atoms with Crippen molar-refractivity contribution >= 4 is 38.8 Å². The van der Waals surface area contributed by atoms with Crippen LogP contribution in [-0.2, 0) is 17.3 Å². The van der Waals surface area contributed by atoms with Crippen LogP contribution in [0.2, 0.25) is 0 Å². The van der Waals surface area contributed by atoms with Crippen molar-refractivity contribution in [1.29, 1.82) is 0 Å². The standard InChI is InChI=1S/C55H49N5/c1-34-27-28-45-41(31-34)49-47(30-29-46-48(49)38-25-17-18-26-44(38)59(46)37-23-15-10-16-24-37)60(45)52-57-50(36-21-13-9-14-22-36)56-51(58-52)40-33-43-42(32-39(40)35-19-11-8-12-20-35)53(2,3)55(6,7)54(43,4)5/h8-30,32-34H,31H2,1-7H3. The van der Waals surface area contributed by atoms with Gasteiger partial charge in [-0.15, -0.1) is 0 Å². The Balaban J connectivity index is 1.24. The average molecular weight is 780 g/mol. The number of hydrogen-bond donors (Lipinski definition) is 0. The van der Waals surface area contributed by atoms with Crippen LogP contribution in [-0.4, -0.2) is 24.1 Å². The minimum atomic E-state index is -0.102. The molecule has 2 aliphatic rings.